The molecule has 6 nitrogen and oxygen atoms in total. The number of hydrogen-bond donors (Lipinski definition) is 1. The molecule has 0 saturated carbocycles. The fourth-order valence-corrected chi connectivity index (χ4v) is 2.21. The first-order valence-electron chi connectivity index (χ1n) is 5.87. The zero-order valence-electron chi connectivity index (χ0n) is 11.3. The number of nitrogens with two attached hydrogens (primary N) is 1. The lowest BCUT2D eigenvalue weighted by Gasteiger charge is -2.17. The molecule has 1 rings (SSSR count). The van der Waals surface area contributed by atoms with E-state index in [2.05, 4.69) is 4.98 Å². The van der Waals surface area contributed by atoms with E-state index >= 15 is 0 Å². The van der Waals surface area contributed by atoms with Crippen LogP contribution in [0.1, 0.15) is 45.0 Å². The van der Waals surface area contributed by atoms with Crippen molar-refractivity contribution < 1.29 is 13.2 Å². The summed E-state index contributed by atoms with van der Waals surface area (Å²) in [7, 11) is -2.12. The van der Waals surface area contributed by atoms with Gasteiger partial charge in [0.15, 0.2) is 5.03 Å². The maximum absolute atomic E-state index is 11.3. The van der Waals surface area contributed by atoms with Crippen LogP contribution in [-0.2, 0) is 14.8 Å². The average Bonchev–Trinajstić information content (AvgIpc) is 2.70. The van der Waals surface area contributed by atoms with E-state index in [0.717, 1.165) is 12.2 Å². The summed E-state index contributed by atoms with van der Waals surface area (Å²) in [6, 6.07) is 0.116. The van der Waals surface area contributed by atoms with Crippen LogP contribution in [0, 0.1) is 0 Å². The topological polar surface area (TPSA) is 87.2 Å². The Morgan fingerprint density at radius 1 is 1.44 bits per heavy atom. The SMILES string of the molecule is COCCC(C)n1cc(S(N)(=O)=O)nc1C(C)C. The Labute approximate surface area is 108 Å². The summed E-state index contributed by atoms with van der Waals surface area (Å²) >= 11 is 0. The number of nitrogens with zero attached hydrogens (tertiary/aromatic N) is 2. The molecule has 1 aromatic rings. The van der Waals surface area contributed by atoms with Gasteiger partial charge in [-0.2, -0.15) is 0 Å². The molecule has 0 bridgehead atoms. The van der Waals surface area contributed by atoms with Gasteiger partial charge in [-0.3, -0.25) is 0 Å². The van der Waals surface area contributed by atoms with E-state index in [0.29, 0.717) is 6.61 Å². The van der Waals surface area contributed by atoms with Crippen molar-refractivity contribution in [3.63, 3.8) is 0 Å². The Hall–Kier alpha value is -0.920. The van der Waals surface area contributed by atoms with Gasteiger partial charge in [-0.25, -0.2) is 18.5 Å². The van der Waals surface area contributed by atoms with E-state index in [1.807, 2.05) is 25.3 Å². The maximum atomic E-state index is 11.3. The van der Waals surface area contributed by atoms with Crippen LogP contribution in [0.4, 0.5) is 0 Å². The molecule has 0 aliphatic rings. The predicted octanol–water partition coefficient (Wildman–Crippen LogP) is 1.25. The Balaban J connectivity index is 3.13. The van der Waals surface area contributed by atoms with Gasteiger partial charge in [0.1, 0.15) is 5.82 Å². The largest absolute Gasteiger partial charge is 0.385 e. The number of rotatable bonds is 6. The molecule has 0 amide bonds. The van der Waals surface area contributed by atoms with E-state index in [-0.39, 0.29) is 17.0 Å². The molecule has 0 aromatic carbocycles. The highest BCUT2D eigenvalue weighted by molar-refractivity contribution is 7.89. The van der Waals surface area contributed by atoms with Crippen molar-refractivity contribution in [2.45, 2.75) is 44.2 Å². The fraction of sp³-hybridized carbons (Fsp3) is 0.727. The molecule has 0 fully saturated rings. The summed E-state index contributed by atoms with van der Waals surface area (Å²) in [5.41, 5.74) is 0. The lowest BCUT2D eigenvalue weighted by molar-refractivity contribution is 0.180. The molecule has 104 valence electrons. The molecule has 1 heterocycles. The fourth-order valence-electron chi connectivity index (χ4n) is 1.73. The van der Waals surface area contributed by atoms with Crippen molar-refractivity contribution in [1.82, 2.24) is 9.55 Å². The molecule has 1 atom stereocenters. The first kappa shape index (κ1) is 15.1. The number of primary sulfonamides is 1. The van der Waals surface area contributed by atoms with Crippen molar-refractivity contribution in [3.05, 3.63) is 12.0 Å². The summed E-state index contributed by atoms with van der Waals surface area (Å²) in [6.07, 6.45) is 2.29. The Morgan fingerprint density at radius 3 is 2.50 bits per heavy atom. The quantitative estimate of drug-likeness (QED) is 0.846. The van der Waals surface area contributed by atoms with Crippen LogP contribution in [0.25, 0.3) is 0 Å². The number of ether oxygens (including phenoxy) is 1. The minimum Gasteiger partial charge on any atom is -0.385 e. The molecule has 0 saturated heterocycles. The van der Waals surface area contributed by atoms with E-state index in [9.17, 15) is 8.42 Å². The van der Waals surface area contributed by atoms with Crippen LogP contribution in [0.15, 0.2) is 11.2 Å². The molecular formula is C11H21N3O3S. The Kier molecular flexibility index (Phi) is 4.89. The second-order valence-corrected chi connectivity index (χ2v) is 6.18. The molecule has 1 unspecified atom stereocenters. The highest BCUT2D eigenvalue weighted by Crippen LogP contribution is 2.22. The third-order valence-electron chi connectivity index (χ3n) is 2.76. The molecule has 0 aliphatic heterocycles. The van der Waals surface area contributed by atoms with Crippen LogP contribution >= 0.6 is 0 Å². The van der Waals surface area contributed by atoms with Crippen LogP contribution in [0.3, 0.4) is 0 Å². The molecule has 7 heteroatoms. The number of hydrogen-bond acceptors (Lipinski definition) is 4. The molecule has 0 radical (unpaired) electrons. The number of methoxy groups -OCH3 is 1. The lowest BCUT2D eigenvalue weighted by atomic mass is 10.2. The maximum Gasteiger partial charge on any atom is 0.257 e. The normalized spacial score (nSPS) is 14.1. The van der Waals surface area contributed by atoms with Crippen molar-refractivity contribution in [2.24, 2.45) is 5.14 Å². The van der Waals surface area contributed by atoms with Crippen molar-refractivity contribution in [3.8, 4) is 0 Å². The summed E-state index contributed by atoms with van der Waals surface area (Å²) < 4.78 is 29.6. The first-order valence-corrected chi connectivity index (χ1v) is 7.42. The highest BCUT2D eigenvalue weighted by atomic mass is 32.2. The van der Waals surface area contributed by atoms with Crippen LogP contribution < -0.4 is 5.14 Å². The van der Waals surface area contributed by atoms with Crippen LogP contribution in [0.2, 0.25) is 0 Å². The molecule has 1 aromatic heterocycles. The minimum absolute atomic E-state index is 0.0736. The number of imidazole rings is 1. The Morgan fingerprint density at radius 2 is 2.06 bits per heavy atom. The van der Waals surface area contributed by atoms with Gasteiger partial charge in [-0.05, 0) is 13.3 Å². The van der Waals surface area contributed by atoms with Gasteiger partial charge in [-0.1, -0.05) is 13.8 Å². The average molecular weight is 275 g/mol. The second kappa shape index (κ2) is 5.81. The standard InChI is InChI=1S/C11H21N3O3S/c1-8(2)11-13-10(18(12,15)16)7-14(11)9(3)5-6-17-4/h7-9H,5-6H2,1-4H3,(H2,12,15,16). The van der Waals surface area contributed by atoms with Crippen LogP contribution in [0.5, 0.6) is 0 Å². The molecule has 0 spiro atoms. The van der Waals surface area contributed by atoms with Gasteiger partial charge >= 0.3 is 0 Å². The number of aromatic nitrogens is 2. The summed E-state index contributed by atoms with van der Waals surface area (Å²) in [6.45, 7) is 6.55. The second-order valence-electron chi connectivity index (χ2n) is 4.67. The monoisotopic (exact) mass is 275 g/mol. The zero-order valence-corrected chi connectivity index (χ0v) is 12.1. The van der Waals surface area contributed by atoms with E-state index in [4.69, 9.17) is 9.88 Å². The van der Waals surface area contributed by atoms with Gasteiger partial charge in [0, 0.05) is 31.9 Å². The van der Waals surface area contributed by atoms with Gasteiger partial charge < -0.3 is 9.30 Å². The predicted molar refractivity (Wildman–Crippen MR) is 68.9 cm³/mol. The molecule has 0 aliphatic carbocycles. The summed E-state index contributed by atoms with van der Waals surface area (Å²) in [5.74, 6) is 0.855. The van der Waals surface area contributed by atoms with E-state index in [1.165, 1.54) is 6.20 Å². The summed E-state index contributed by atoms with van der Waals surface area (Å²) in [5, 5.41) is 5.04. The van der Waals surface area contributed by atoms with Gasteiger partial charge in [-0.15, -0.1) is 0 Å². The Bertz CT molecular complexity index is 494. The van der Waals surface area contributed by atoms with E-state index < -0.39 is 10.0 Å². The van der Waals surface area contributed by atoms with Crippen molar-refractivity contribution in [2.75, 3.05) is 13.7 Å². The third kappa shape index (κ3) is 3.54. The van der Waals surface area contributed by atoms with Gasteiger partial charge in [0.25, 0.3) is 10.0 Å². The molecule has 18 heavy (non-hydrogen) atoms. The van der Waals surface area contributed by atoms with Crippen LogP contribution in [-0.4, -0.2) is 31.7 Å². The highest BCUT2D eigenvalue weighted by Gasteiger charge is 2.20. The van der Waals surface area contributed by atoms with Gasteiger partial charge in [0.05, 0.1) is 0 Å². The molecule has 2 N–H and O–H groups in total. The summed E-state index contributed by atoms with van der Waals surface area (Å²) in [4.78, 5) is 4.12. The number of sulfonamides is 1. The van der Waals surface area contributed by atoms with Gasteiger partial charge in [0.2, 0.25) is 0 Å². The van der Waals surface area contributed by atoms with Crippen molar-refractivity contribution >= 4 is 10.0 Å². The smallest absolute Gasteiger partial charge is 0.257 e. The third-order valence-corrected chi connectivity index (χ3v) is 3.54. The lowest BCUT2D eigenvalue weighted by Crippen LogP contribution is -2.12. The zero-order chi connectivity index (χ0) is 13.9. The van der Waals surface area contributed by atoms with E-state index in [1.54, 1.807) is 7.11 Å². The first-order chi connectivity index (χ1) is 8.27. The van der Waals surface area contributed by atoms with Crippen molar-refractivity contribution in [1.29, 1.82) is 0 Å². The molecular weight excluding hydrogens is 254 g/mol. The minimum atomic E-state index is -3.76.